The van der Waals surface area contributed by atoms with Crippen LogP contribution in [-0.4, -0.2) is 37.8 Å². The van der Waals surface area contributed by atoms with Gasteiger partial charge in [-0.05, 0) is 24.3 Å². The van der Waals surface area contributed by atoms with E-state index in [9.17, 15) is 4.91 Å². The fraction of sp³-hybridized carbons (Fsp3) is 0.333. The molecule has 0 aliphatic carbocycles. The summed E-state index contributed by atoms with van der Waals surface area (Å²) in [6, 6.07) is 12.0. The Hall–Kier alpha value is -2.45. The van der Waals surface area contributed by atoms with Gasteiger partial charge in [0.25, 0.3) is 0 Å². The third-order valence-electron chi connectivity index (χ3n) is 4.87. The van der Waals surface area contributed by atoms with Gasteiger partial charge in [-0.25, -0.2) is 0 Å². The largest absolute Gasteiger partial charge is 0.457 e. The molecular weight excluding hydrogens is 352 g/mol. The lowest BCUT2D eigenvalue weighted by molar-refractivity contribution is -0.0481. The number of nitrogens with one attached hydrogen (secondary N) is 2. The molecule has 8 heteroatoms. The average molecular weight is 370 g/mol. The third kappa shape index (κ3) is 2.65. The molecule has 134 valence electrons. The standard InChI is InChI=1S/C18H18N4O3S/c23-21-18(8-24-9-18)7-22-10-19-14-3-1-13(6-16(14)22)25-12-2-4-17-15(5-12)20-11-26-17/h1-6,19-20H,7-11H2. The molecule has 26 heavy (non-hydrogen) atoms. The first-order valence-electron chi connectivity index (χ1n) is 8.48. The highest BCUT2D eigenvalue weighted by molar-refractivity contribution is 7.99. The van der Waals surface area contributed by atoms with Crippen LogP contribution in [0.25, 0.3) is 0 Å². The van der Waals surface area contributed by atoms with Gasteiger partial charge in [0.2, 0.25) is 0 Å². The summed E-state index contributed by atoms with van der Waals surface area (Å²) in [4.78, 5) is 14.6. The van der Waals surface area contributed by atoms with Crippen molar-refractivity contribution in [3.63, 3.8) is 0 Å². The van der Waals surface area contributed by atoms with Crippen LogP contribution < -0.4 is 20.3 Å². The lowest BCUT2D eigenvalue weighted by atomic mass is 9.98. The summed E-state index contributed by atoms with van der Waals surface area (Å²) < 4.78 is 11.3. The van der Waals surface area contributed by atoms with Gasteiger partial charge in [0.15, 0.2) is 5.54 Å². The van der Waals surface area contributed by atoms with Crippen LogP contribution in [0.2, 0.25) is 0 Å². The Morgan fingerprint density at radius 2 is 2.00 bits per heavy atom. The number of thioether (sulfide) groups is 1. The molecule has 5 rings (SSSR count). The Labute approximate surface area is 155 Å². The van der Waals surface area contributed by atoms with Gasteiger partial charge in [-0.1, -0.05) is 5.18 Å². The van der Waals surface area contributed by atoms with Gasteiger partial charge in [0.05, 0.1) is 49.4 Å². The highest BCUT2D eigenvalue weighted by atomic mass is 32.2. The molecule has 3 aliphatic heterocycles. The van der Waals surface area contributed by atoms with Crippen LogP contribution in [0.3, 0.4) is 0 Å². The number of hydrogen-bond donors (Lipinski definition) is 2. The first-order valence-corrected chi connectivity index (χ1v) is 9.47. The van der Waals surface area contributed by atoms with Crippen molar-refractivity contribution in [3.8, 4) is 11.5 Å². The maximum absolute atomic E-state index is 11.2. The van der Waals surface area contributed by atoms with Crippen molar-refractivity contribution in [2.45, 2.75) is 10.4 Å². The number of rotatable bonds is 5. The van der Waals surface area contributed by atoms with Crippen LogP contribution in [-0.2, 0) is 4.74 Å². The van der Waals surface area contributed by atoms with Gasteiger partial charge in [-0.3, -0.25) is 0 Å². The van der Waals surface area contributed by atoms with Gasteiger partial charge in [0, 0.05) is 17.0 Å². The maximum atomic E-state index is 11.2. The zero-order chi connectivity index (χ0) is 17.6. The average Bonchev–Trinajstić information content (AvgIpc) is 3.24. The molecule has 3 aliphatic rings. The number of hydrogen-bond acceptors (Lipinski definition) is 8. The molecule has 1 saturated heterocycles. The summed E-state index contributed by atoms with van der Waals surface area (Å²) in [6.45, 7) is 1.97. The molecule has 0 bridgehead atoms. The Balaban J connectivity index is 1.37. The van der Waals surface area contributed by atoms with Gasteiger partial charge < -0.3 is 25.0 Å². The number of anilines is 3. The molecule has 7 nitrogen and oxygen atoms in total. The van der Waals surface area contributed by atoms with E-state index < -0.39 is 5.54 Å². The Morgan fingerprint density at radius 3 is 2.81 bits per heavy atom. The summed E-state index contributed by atoms with van der Waals surface area (Å²) in [5.41, 5.74) is 2.53. The molecule has 2 N–H and O–H groups in total. The molecule has 0 amide bonds. The van der Waals surface area contributed by atoms with Crippen molar-refractivity contribution in [1.29, 1.82) is 0 Å². The van der Waals surface area contributed by atoms with E-state index in [4.69, 9.17) is 9.47 Å². The summed E-state index contributed by atoms with van der Waals surface area (Å²) in [7, 11) is 0. The lowest BCUT2D eigenvalue weighted by Crippen LogP contribution is -2.55. The topological polar surface area (TPSA) is 75.2 Å². The van der Waals surface area contributed by atoms with Crippen LogP contribution >= 0.6 is 11.8 Å². The van der Waals surface area contributed by atoms with E-state index in [2.05, 4.69) is 26.8 Å². The summed E-state index contributed by atoms with van der Waals surface area (Å²) in [6.07, 6.45) is 0. The van der Waals surface area contributed by atoms with Crippen molar-refractivity contribution in [2.75, 3.05) is 47.8 Å². The summed E-state index contributed by atoms with van der Waals surface area (Å²) >= 11 is 1.79. The molecule has 2 aromatic carbocycles. The second-order valence-corrected chi connectivity index (χ2v) is 7.76. The minimum Gasteiger partial charge on any atom is -0.457 e. The third-order valence-corrected chi connectivity index (χ3v) is 5.82. The Bertz CT molecular complexity index is 872. The minimum atomic E-state index is -0.635. The first kappa shape index (κ1) is 15.8. The molecule has 2 aromatic rings. The number of benzene rings is 2. The van der Waals surface area contributed by atoms with E-state index in [-0.39, 0.29) is 0 Å². The van der Waals surface area contributed by atoms with Gasteiger partial charge in [0.1, 0.15) is 11.5 Å². The fourth-order valence-electron chi connectivity index (χ4n) is 3.42. The Morgan fingerprint density at radius 1 is 1.15 bits per heavy atom. The lowest BCUT2D eigenvalue weighted by Gasteiger charge is -2.37. The zero-order valence-electron chi connectivity index (χ0n) is 14.0. The summed E-state index contributed by atoms with van der Waals surface area (Å²) in [5.74, 6) is 2.46. The highest BCUT2D eigenvalue weighted by Crippen LogP contribution is 2.40. The Kier molecular flexibility index (Phi) is 3.68. The molecule has 1 fully saturated rings. The van der Waals surface area contributed by atoms with Crippen molar-refractivity contribution in [2.24, 2.45) is 5.18 Å². The molecule has 0 aromatic heterocycles. The van der Waals surface area contributed by atoms with Gasteiger partial charge >= 0.3 is 0 Å². The second kappa shape index (κ2) is 6.07. The van der Waals surface area contributed by atoms with Crippen molar-refractivity contribution >= 4 is 28.8 Å². The van der Waals surface area contributed by atoms with Gasteiger partial charge in [-0.15, -0.1) is 16.7 Å². The minimum absolute atomic E-state index is 0.388. The number of nitrogens with zero attached hydrogens (tertiary/aromatic N) is 2. The molecule has 0 saturated carbocycles. The monoisotopic (exact) mass is 370 g/mol. The van der Waals surface area contributed by atoms with E-state index in [1.54, 1.807) is 11.8 Å². The van der Waals surface area contributed by atoms with E-state index in [0.717, 1.165) is 34.4 Å². The molecule has 0 spiro atoms. The van der Waals surface area contributed by atoms with E-state index in [0.29, 0.717) is 26.4 Å². The molecular formula is C18H18N4O3S. The van der Waals surface area contributed by atoms with E-state index >= 15 is 0 Å². The normalized spacial score (nSPS) is 19.0. The van der Waals surface area contributed by atoms with Crippen LogP contribution in [0.4, 0.5) is 17.1 Å². The predicted molar refractivity (Wildman–Crippen MR) is 102 cm³/mol. The van der Waals surface area contributed by atoms with E-state index in [1.807, 2.05) is 30.3 Å². The quantitative estimate of drug-likeness (QED) is 0.778. The number of fused-ring (bicyclic) bond motifs is 2. The summed E-state index contributed by atoms with van der Waals surface area (Å²) in [5, 5.41) is 9.98. The number of ether oxygens (including phenoxy) is 2. The fourth-order valence-corrected chi connectivity index (χ4v) is 4.26. The molecule has 0 unspecified atom stereocenters. The molecule has 0 atom stereocenters. The second-order valence-electron chi connectivity index (χ2n) is 6.75. The zero-order valence-corrected chi connectivity index (χ0v) is 14.8. The van der Waals surface area contributed by atoms with E-state index in [1.165, 1.54) is 4.90 Å². The first-order chi connectivity index (χ1) is 12.7. The van der Waals surface area contributed by atoms with Crippen molar-refractivity contribution in [1.82, 2.24) is 0 Å². The van der Waals surface area contributed by atoms with Crippen molar-refractivity contribution in [3.05, 3.63) is 41.3 Å². The predicted octanol–water partition coefficient (Wildman–Crippen LogP) is 3.68. The molecule has 0 radical (unpaired) electrons. The van der Waals surface area contributed by atoms with Gasteiger partial charge in [-0.2, -0.15) is 0 Å². The highest BCUT2D eigenvalue weighted by Gasteiger charge is 2.43. The number of nitroso groups, excluding NO2 is 1. The van der Waals surface area contributed by atoms with Crippen LogP contribution in [0.5, 0.6) is 11.5 Å². The molecule has 3 heterocycles. The van der Waals surface area contributed by atoms with Crippen LogP contribution in [0.15, 0.2) is 46.5 Å². The maximum Gasteiger partial charge on any atom is 0.166 e. The van der Waals surface area contributed by atoms with Crippen molar-refractivity contribution < 1.29 is 9.47 Å². The smallest absolute Gasteiger partial charge is 0.166 e. The van der Waals surface area contributed by atoms with Crippen LogP contribution in [0, 0.1) is 4.91 Å². The van der Waals surface area contributed by atoms with Crippen LogP contribution in [0.1, 0.15) is 0 Å². The SMILES string of the molecule is O=NC1(CN2CNc3ccc(Oc4ccc5c(c4)NCS5)cc32)COC1.